The zero-order chi connectivity index (χ0) is 13.4. The summed E-state index contributed by atoms with van der Waals surface area (Å²) in [5, 5.41) is 9.44. The van der Waals surface area contributed by atoms with Crippen LogP contribution in [-0.4, -0.2) is 30.6 Å². The average Bonchev–Trinajstić information content (AvgIpc) is 2.44. The van der Waals surface area contributed by atoms with Gasteiger partial charge in [-0.25, -0.2) is 4.79 Å². The number of carbonyl (C=O) groups excluding carboxylic acids is 1. The lowest BCUT2D eigenvalue weighted by molar-refractivity contribution is 0.0687. The standard InChI is InChI=1S/C14H14O5/c15-7-10-8-3-1-6-19-13(8)11(14(16)17)9-4-2-5-18-12(9)10/h7H,1-6H2,(H,16,17). The van der Waals surface area contributed by atoms with E-state index in [9.17, 15) is 14.7 Å². The number of aromatic carboxylic acids is 1. The molecule has 100 valence electrons. The third-order valence-electron chi connectivity index (χ3n) is 3.61. The van der Waals surface area contributed by atoms with Crippen molar-refractivity contribution >= 4 is 12.3 Å². The number of aldehydes is 1. The van der Waals surface area contributed by atoms with Crippen LogP contribution in [0.3, 0.4) is 0 Å². The monoisotopic (exact) mass is 262 g/mol. The van der Waals surface area contributed by atoms with Crippen molar-refractivity contribution in [2.75, 3.05) is 13.2 Å². The number of hydrogen-bond acceptors (Lipinski definition) is 4. The molecule has 0 saturated heterocycles. The van der Waals surface area contributed by atoms with Crippen LogP contribution in [0, 0.1) is 0 Å². The minimum absolute atomic E-state index is 0.176. The highest BCUT2D eigenvalue weighted by atomic mass is 16.5. The lowest BCUT2D eigenvalue weighted by Gasteiger charge is -2.27. The first kappa shape index (κ1) is 12.0. The number of ether oxygens (including phenoxy) is 2. The number of benzene rings is 1. The van der Waals surface area contributed by atoms with Crippen molar-refractivity contribution in [2.24, 2.45) is 0 Å². The van der Waals surface area contributed by atoms with Gasteiger partial charge < -0.3 is 14.6 Å². The summed E-state index contributed by atoms with van der Waals surface area (Å²) >= 11 is 0. The minimum atomic E-state index is -1.02. The highest BCUT2D eigenvalue weighted by Crippen LogP contribution is 2.42. The number of carboxylic acids is 1. The molecule has 0 atom stereocenters. The second-order valence-corrected chi connectivity index (χ2v) is 4.73. The van der Waals surface area contributed by atoms with E-state index in [4.69, 9.17) is 9.47 Å². The Bertz CT molecular complexity index is 524. The fourth-order valence-corrected chi connectivity index (χ4v) is 2.83. The van der Waals surface area contributed by atoms with Gasteiger partial charge in [0, 0.05) is 11.1 Å². The molecule has 2 heterocycles. The first-order chi connectivity index (χ1) is 9.24. The van der Waals surface area contributed by atoms with Crippen LogP contribution >= 0.6 is 0 Å². The van der Waals surface area contributed by atoms with E-state index in [0.29, 0.717) is 54.2 Å². The SMILES string of the molecule is O=Cc1c2c(c(C(=O)O)c3c1OCCC3)OCCC2. The lowest BCUT2D eigenvalue weighted by atomic mass is 9.89. The van der Waals surface area contributed by atoms with Crippen LogP contribution in [0.15, 0.2) is 0 Å². The molecular formula is C14H14O5. The number of hydrogen-bond donors (Lipinski definition) is 1. The van der Waals surface area contributed by atoms with E-state index in [-0.39, 0.29) is 5.56 Å². The smallest absolute Gasteiger partial charge is 0.339 e. The van der Waals surface area contributed by atoms with E-state index in [1.807, 2.05) is 0 Å². The molecule has 0 fully saturated rings. The van der Waals surface area contributed by atoms with Gasteiger partial charge in [0.05, 0.1) is 18.8 Å². The number of carboxylic acid groups (broad SMARTS) is 1. The third-order valence-corrected chi connectivity index (χ3v) is 3.61. The van der Waals surface area contributed by atoms with Crippen LogP contribution in [0.1, 0.15) is 44.7 Å². The van der Waals surface area contributed by atoms with Crippen LogP contribution < -0.4 is 9.47 Å². The maximum Gasteiger partial charge on any atom is 0.339 e. The van der Waals surface area contributed by atoms with Crippen LogP contribution in [0.4, 0.5) is 0 Å². The average molecular weight is 262 g/mol. The van der Waals surface area contributed by atoms with Crippen LogP contribution in [-0.2, 0) is 12.8 Å². The van der Waals surface area contributed by atoms with Crippen molar-refractivity contribution in [2.45, 2.75) is 25.7 Å². The predicted octanol–water partition coefficient (Wildman–Crippen LogP) is 1.85. The van der Waals surface area contributed by atoms with E-state index >= 15 is 0 Å². The summed E-state index contributed by atoms with van der Waals surface area (Å²) < 4.78 is 11.1. The molecule has 0 aliphatic carbocycles. The Kier molecular flexibility index (Phi) is 2.89. The summed E-state index contributed by atoms with van der Waals surface area (Å²) in [6.07, 6.45) is 3.55. The molecule has 19 heavy (non-hydrogen) atoms. The molecule has 0 spiro atoms. The van der Waals surface area contributed by atoms with Gasteiger partial charge in [-0.15, -0.1) is 0 Å². The zero-order valence-electron chi connectivity index (χ0n) is 10.4. The molecule has 0 radical (unpaired) electrons. The quantitative estimate of drug-likeness (QED) is 0.823. The van der Waals surface area contributed by atoms with Crippen molar-refractivity contribution in [3.05, 3.63) is 22.3 Å². The number of carbonyl (C=O) groups is 2. The first-order valence-corrected chi connectivity index (χ1v) is 6.39. The Morgan fingerprint density at radius 1 is 1.05 bits per heavy atom. The maximum absolute atomic E-state index is 11.5. The van der Waals surface area contributed by atoms with Crippen LogP contribution in [0.5, 0.6) is 11.5 Å². The molecule has 0 saturated carbocycles. The van der Waals surface area contributed by atoms with E-state index < -0.39 is 5.97 Å². The van der Waals surface area contributed by atoms with Crippen molar-refractivity contribution in [3.8, 4) is 11.5 Å². The van der Waals surface area contributed by atoms with E-state index in [0.717, 1.165) is 19.1 Å². The van der Waals surface area contributed by atoms with Gasteiger partial charge in [-0.05, 0) is 25.7 Å². The van der Waals surface area contributed by atoms with Crippen LogP contribution in [0.2, 0.25) is 0 Å². The molecule has 0 bridgehead atoms. The lowest BCUT2D eigenvalue weighted by Crippen LogP contribution is -2.21. The Morgan fingerprint density at radius 2 is 1.68 bits per heavy atom. The fourth-order valence-electron chi connectivity index (χ4n) is 2.83. The van der Waals surface area contributed by atoms with Crippen molar-refractivity contribution in [1.29, 1.82) is 0 Å². The summed E-state index contributed by atoms with van der Waals surface area (Å²) in [6.45, 7) is 1.01. The molecule has 3 rings (SSSR count). The normalized spacial score (nSPS) is 16.6. The molecule has 5 nitrogen and oxygen atoms in total. The largest absolute Gasteiger partial charge is 0.492 e. The van der Waals surface area contributed by atoms with Gasteiger partial charge >= 0.3 is 5.97 Å². The van der Waals surface area contributed by atoms with E-state index in [1.54, 1.807) is 0 Å². The van der Waals surface area contributed by atoms with E-state index in [2.05, 4.69) is 0 Å². The summed E-state index contributed by atoms with van der Waals surface area (Å²) in [5.41, 5.74) is 1.92. The first-order valence-electron chi connectivity index (χ1n) is 6.39. The van der Waals surface area contributed by atoms with Crippen molar-refractivity contribution in [1.82, 2.24) is 0 Å². The fraction of sp³-hybridized carbons (Fsp3) is 0.429. The number of rotatable bonds is 2. The van der Waals surface area contributed by atoms with E-state index in [1.165, 1.54) is 0 Å². The van der Waals surface area contributed by atoms with Gasteiger partial charge in [0.2, 0.25) is 0 Å². The summed E-state index contributed by atoms with van der Waals surface area (Å²) in [7, 11) is 0. The Labute approximate surface area is 110 Å². The second kappa shape index (κ2) is 4.57. The topological polar surface area (TPSA) is 72.8 Å². The summed E-state index contributed by atoms with van der Waals surface area (Å²) in [5.74, 6) is -0.203. The molecule has 0 aromatic heterocycles. The predicted molar refractivity (Wildman–Crippen MR) is 66.4 cm³/mol. The van der Waals surface area contributed by atoms with Crippen LogP contribution in [0.25, 0.3) is 0 Å². The molecule has 0 amide bonds. The molecule has 1 aromatic carbocycles. The van der Waals surface area contributed by atoms with Gasteiger partial charge in [-0.1, -0.05) is 0 Å². The van der Waals surface area contributed by atoms with Gasteiger partial charge in [-0.3, -0.25) is 4.79 Å². The van der Waals surface area contributed by atoms with Gasteiger partial charge in [0.1, 0.15) is 17.1 Å². The third kappa shape index (κ3) is 1.77. The Hall–Kier alpha value is -2.04. The number of fused-ring (bicyclic) bond motifs is 2. The Balaban J connectivity index is 2.35. The minimum Gasteiger partial charge on any atom is -0.492 e. The Morgan fingerprint density at radius 3 is 2.32 bits per heavy atom. The van der Waals surface area contributed by atoms with Gasteiger partial charge in [-0.2, -0.15) is 0 Å². The highest BCUT2D eigenvalue weighted by Gasteiger charge is 2.31. The maximum atomic E-state index is 11.5. The molecule has 5 heteroatoms. The summed E-state index contributed by atoms with van der Waals surface area (Å²) in [6, 6.07) is 0. The second-order valence-electron chi connectivity index (χ2n) is 4.73. The molecule has 0 unspecified atom stereocenters. The highest BCUT2D eigenvalue weighted by molar-refractivity contribution is 5.98. The molecule has 1 aromatic rings. The van der Waals surface area contributed by atoms with Gasteiger partial charge in [0.15, 0.2) is 6.29 Å². The molecular weight excluding hydrogens is 248 g/mol. The van der Waals surface area contributed by atoms with Gasteiger partial charge in [0.25, 0.3) is 0 Å². The van der Waals surface area contributed by atoms with Crippen molar-refractivity contribution in [3.63, 3.8) is 0 Å². The summed E-state index contributed by atoms with van der Waals surface area (Å²) in [4.78, 5) is 22.9. The zero-order valence-corrected chi connectivity index (χ0v) is 10.4. The molecule has 1 N–H and O–H groups in total. The molecule has 2 aliphatic heterocycles. The van der Waals surface area contributed by atoms with Crippen molar-refractivity contribution < 1.29 is 24.2 Å². The molecule has 2 aliphatic rings.